The minimum atomic E-state index is -4.71. The van der Waals surface area contributed by atoms with Crippen molar-refractivity contribution in [2.24, 2.45) is 5.92 Å². The van der Waals surface area contributed by atoms with Crippen LogP contribution < -0.4 is 15.6 Å². The molecule has 5 aromatic heterocycles. The van der Waals surface area contributed by atoms with Crippen molar-refractivity contribution in [3.63, 3.8) is 0 Å². The van der Waals surface area contributed by atoms with E-state index in [-0.39, 0.29) is 39.4 Å². The van der Waals surface area contributed by atoms with E-state index >= 15 is 0 Å². The molecule has 0 saturated heterocycles. The fourth-order valence-electron chi connectivity index (χ4n) is 5.93. The van der Waals surface area contributed by atoms with Crippen molar-refractivity contribution in [1.82, 2.24) is 44.3 Å². The fourth-order valence-corrected chi connectivity index (χ4v) is 6.10. The second-order valence-corrected chi connectivity index (χ2v) is 12.5. The summed E-state index contributed by atoms with van der Waals surface area (Å²) < 4.78 is 63.6. The van der Waals surface area contributed by atoms with E-state index < -0.39 is 35.2 Å². The number of amides is 1. The van der Waals surface area contributed by atoms with Gasteiger partial charge in [0, 0.05) is 40.4 Å². The van der Waals surface area contributed by atoms with Crippen molar-refractivity contribution in [1.29, 1.82) is 0 Å². The van der Waals surface area contributed by atoms with Crippen LogP contribution in [0, 0.1) is 11.7 Å². The number of benzene rings is 1. The number of ether oxygens (including phenoxy) is 1. The van der Waals surface area contributed by atoms with Gasteiger partial charge in [-0.25, -0.2) is 23.7 Å². The van der Waals surface area contributed by atoms with Crippen LogP contribution in [-0.4, -0.2) is 57.3 Å². The van der Waals surface area contributed by atoms with Crippen molar-refractivity contribution < 1.29 is 27.1 Å². The number of methoxy groups -OCH3 is 1. The van der Waals surface area contributed by atoms with Gasteiger partial charge in [0.25, 0.3) is 5.56 Å². The predicted octanol–water partition coefficient (Wildman–Crippen LogP) is 6.30. The summed E-state index contributed by atoms with van der Waals surface area (Å²) >= 11 is 6.26. The summed E-state index contributed by atoms with van der Waals surface area (Å²) in [4.78, 5) is 40.2. The van der Waals surface area contributed by atoms with E-state index in [0.29, 0.717) is 41.9 Å². The molecule has 52 heavy (non-hydrogen) atoms. The monoisotopic (exact) mass is 734 g/mol. The van der Waals surface area contributed by atoms with Gasteiger partial charge in [0.15, 0.2) is 11.5 Å². The number of nitrogens with zero attached hydrogens (tertiary/aromatic N) is 9. The smallest absolute Gasteiger partial charge is 0.436 e. The minimum Gasteiger partial charge on any atom is -0.481 e. The van der Waals surface area contributed by atoms with Gasteiger partial charge < -0.3 is 10.1 Å². The van der Waals surface area contributed by atoms with Crippen LogP contribution in [0.3, 0.4) is 0 Å². The first kappa shape index (κ1) is 34.5. The predicted molar refractivity (Wildman–Crippen MR) is 180 cm³/mol. The number of anilines is 1. The summed E-state index contributed by atoms with van der Waals surface area (Å²) in [6.07, 6.45) is 2.81. The molecule has 0 saturated carbocycles. The lowest BCUT2D eigenvalue weighted by atomic mass is 9.97. The van der Waals surface area contributed by atoms with Crippen LogP contribution in [0.15, 0.2) is 78.4 Å². The SMILES string of the molecule is COc1cc(-n2cc3c(n2)-c2ccnc(c2)[C@@H](n2cnc(-c4cc(Cl)ccc4-n4cc(C(F)(F)F)nn4)cc2=O)CCC[C@@H](C)C(=O)N3)c(F)cn1. The van der Waals surface area contributed by atoms with Crippen molar-refractivity contribution in [3.8, 4) is 39.8 Å². The largest absolute Gasteiger partial charge is 0.481 e. The van der Waals surface area contributed by atoms with Crippen molar-refractivity contribution in [3.05, 3.63) is 106 Å². The van der Waals surface area contributed by atoms with Crippen molar-refractivity contribution in [2.45, 2.75) is 38.4 Å². The number of hydrogen-bond donors (Lipinski definition) is 1. The van der Waals surface area contributed by atoms with Gasteiger partial charge in [0.05, 0.1) is 60.8 Å². The molecule has 2 atom stereocenters. The minimum absolute atomic E-state index is 0.0447. The maximum Gasteiger partial charge on any atom is 0.436 e. The van der Waals surface area contributed by atoms with Crippen molar-refractivity contribution >= 4 is 23.2 Å². The third-order valence-electron chi connectivity index (χ3n) is 8.63. The van der Waals surface area contributed by atoms with Crippen LogP contribution in [0.1, 0.15) is 43.6 Å². The van der Waals surface area contributed by atoms with E-state index in [2.05, 4.69) is 35.7 Å². The molecule has 1 aliphatic rings. The highest BCUT2D eigenvalue weighted by Gasteiger charge is 2.35. The molecule has 0 aliphatic carbocycles. The topological polar surface area (TPSA) is 148 Å². The number of nitrogens with one attached hydrogen (secondary N) is 1. The zero-order chi connectivity index (χ0) is 36.7. The van der Waals surface area contributed by atoms with Crippen molar-refractivity contribution in [2.75, 3.05) is 12.4 Å². The summed E-state index contributed by atoms with van der Waals surface area (Å²) in [5, 5.41) is 14.7. The molecule has 1 aliphatic heterocycles. The lowest BCUT2D eigenvalue weighted by Crippen LogP contribution is -2.27. The zero-order valence-electron chi connectivity index (χ0n) is 27.3. The Labute approximate surface area is 296 Å². The number of aromatic nitrogens is 9. The number of halogens is 5. The van der Waals surface area contributed by atoms with Gasteiger partial charge in [0.1, 0.15) is 11.4 Å². The maximum atomic E-state index is 14.9. The van der Waals surface area contributed by atoms with E-state index in [1.54, 1.807) is 25.3 Å². The first-order valence-corrected chi connectivity index (χ1v) is 16.2. The Morgan fingerprint density at radius 2 is 1.81 bits per heavy atom. The van der Waals surface area contributed by atoms with Crippen LogP contribution >= 0.6 is 11.6 Å². The molecule has 0 spiro atoms. The first-order chi connectivity index (χ1) is 24.9. The molecule has 1 amide bonds. The zero-order valence-corrected chi connectivity index (χ0v) is 28.1. The molecule has 7 rings (SSSR count). The molecular formula is C34H27ClF4N10O3. The molecule has 2 bridgehead atoms. The summed E-state index contributed by atoms with van der Waals surface area (Å²) in [6, 6.07) is 9.80. The molecule has 6 aromatic rings. The van der Waals surface area contributed by atoms with E-state index in [9.17, 15) is 27.2 Å². The molecule has 1 aromatic carbocycles. The normalized spacial score (nSPS) is 16.4. The first-order valence-electron chi connectivity index (χ1n) is 15.8. The van der Waals surface area contributed by atoms with E-state index in [0.717, 1.165) is 17.1 Å². The van der Waals surface area contributed by atoms with Gasteiger partial charge in [0.2, 0.25) is 11.8 Å². The fraction of sp³-hybridized carbons (Fsp3) is 0.235. The third-order valence-corrected chi connectivity index (χ3v) is 8.87. The number of fused-ring (bicyclic) bond motifs is 4. The summed E-state index contributed by atoms with van der Waals surface area (Å²) in [6.45, 7) is 1.78. The molecule has 0 unspecified atom stereocenters. The van der Waals surface area contributed by atoms with Crippen LogP contribution in [0.2, 0.25) is 5.02 Å². The van der Waals surface area contributed by atoms with Gasteiger partial charge >= 0.3 is 6.18 Å². The quantitative estimate of drug-likeness (QED) is 0.202. The Kier molecular flexibility index (Phi) is 9.04. The van der Waals surface area contributed by atoms with Gasteiger partial charge in [-0.05, 0) is 43.2 Å². The Morgan fingerprint density at radius 1 is 0.981 bits per heavy atom. The van der Waals surface area contributed by atoms with Gasteiger partial charge in [-0.3, -0.25) is 19.1 Å². The summed E-state index contributed by atoms with van der Waals surface area (Å²) in [5.41, 5.74) is 0.623. The van der Waals surface area contributed by atoms with E-state index in [4.69, 9.17) is 16.3 Å². The standard InChI is InChI=1S/C34H27ClF4N10O3/c1-18-4-3-5-27(47-17-42-23(12-31(47)50)21-11-20(35)6-7-26(21)49-16-29(44-46-49)34(37,38)39)24-10-19(8-9-40-24)32-25(43-33(18)51)15-48(45-32)28-13-30(52-2)41-14-22(28)36/h6-18,27H,3-5H2,1-2H3,(H,43,51)/t18-,27+/m1/s1. The highest BCUT2D eigenvalue weighted by molar-refractivity contribution is 6.31. The van der Waals surface area contributed by atoms with E-state index in [1.165, 1.54) is 59.2 Å². The highest BCUT2D eigenvalue weighted by Crippen LogP contribution is 2.35. The number of hydrogen-bond acceptors (Lipinski definition) is 9. The molecule has 1 N–H and O–H groups in total. The number of alkyl halides is 3. The summed E-state index contributed by atoms with van der Waals surface area (Å²) in [5.74, 6) is -1.20. The Hall–Kier alpha value is -5.97. The lowest BCUT2D eigenvalue weighted by Gasteiger charge is -2.22. The molecule has 0 fully saturated rings. The lowest BCUT2D eigenvalue weighted by molar-refractivity contribution is -0.141. The number of rotatable bonds is 5. The molecule has 18 heteroatoms. The highest BCUT2D eigenvalue weighted by atomic mass is 35.5. The molecule has 6 heterocycles. The Morgan fingerprint density at radius 3 is 2.56 bits per heavy atom. The number of carbonyl (C=O) groups excluding carboxylic acids is 1. The third kappa shape index (κ3) is 6.73. The molecule has 13 nitrogen and oxygen atoms in total. The Balaban J connectivity index is 1.30. The van der Waals surface area contributed by atoms with Gasteiger partial charge in [-0.2, -0.15) is 18.3 Å². The second kappa shape index (κ2) is 13.6. The number of pyridine rings is 2. The van der Waals surface area contributed by atoms with Gasteiger partial charge in [-0.15, -0.1) is 5.10 Å². The average Bonchev–Trinajstić information content (AvgIpc) is 3.79. The maximum absolute atomic E-state index is 14.9. The molecule has 0 radical (unpaired) electrons. The second-order valence-electron chi connectivity index (χ2n) is 12.0. The van der Waals surface area contributed by atoms with Crippen LogP contribution in [0.5, 0.6) is 5.88 Å². The summed E-state index contributed by atoms with van der Waals surface area (Å²) in [7, 11) is 1.40. The average molecular weight is 735 g/mol. The van der Waals surface area contributed by atoms with Crippen LogP contribution in [0.4, 0.5) is 23.2 Å². The van der Waals surface area contributed by atoms with E-state index in [1.807, 2.05) is 0 Å². The Bertz CT molecular complexity index is 2370. The number of carbonyl (C=O) groups is 1. The molecular weight excluding hydrogens is 708 g/mol. The van der Waals surface area contributed by atoms with Crippen LogP contribution in [0.25, 0.3) is 33.9 Å². The molecule has 266 valence electrons. The van der Waals surface area contributed by atoms with Gasteiger partial charge in [-0.1, -0.05) is 30.2 Å². The van der Waals surface area contributed by atoms with Crippen LogP contribution in [-0.2, 0) is 11.0 Å².